The van der Waals surface area contributed by atoms with Gasteiger partial charge in [-0.05, 0) is 44.4 Å². The van der Waals surface area contributed by atoms with Crippen LogP contribution < -0.4 is 5.32 Å². The van der Waals surface area contributed by atoms with Crippen LogP contribution >= 0.6 is 23.2 Å². The predicted octanol–water partition coefficient (Wildman–Crippen LogP) is 3.23. The smallest absolute Gasteiger partial charge is 0.251 e. The first-order chi connectivity index (χ1) is 8.86. The summed E-state index contributed by atoms with van der Waals surface area (Å²) in [6.07, 6.45) is 2.30. The van der Waals surface area contributed by atoms with E-state index in [0.717, 1.165) is 19.3 Å². The van der Waals surface area contributed by atoms with Gasteiger partial charge in [-0.3, -0.25) is 9.59 Å². The summed E-state index contributed by atoms with van der Waals surface area (Å²) in [7, 11) is 0. The Kier molecular flexibility index (Phi) is 2.70. The van der Waals surface area contributed by atoms with Gasteiger partial charge in [-0.2, -0.15) is 0 Å². The van der Waals surface area contributed by atoms with E-state index in [9.17, 15) is 9.59 Å². The molecule has 0 aliphatic heterocycles. The zero-order valence-electron chi connectivity index (χ0n) is 10.4. The van der Waals surface area contributed by atoms with Crippen LogP contribution in [0.3, 0.4) is 0 Å². The lowest BCUT2D eigenvalue weighted by atomic mass is 9.38. The molecule has 1 aromatic carbocycles. The lowest BCUT2D eigenvalue weighted by molar-refractivity contribution is -0.173. The van der Waals surface area contributed by atoms with Crippen LogP contribution in [-0.2, 0) is 4.79 Å². The van der Waals surface area contributed by atoms with Crippen molar-refractivity contribution in [2.45, 2.75) is 31.7 Å². The summed E-state index contributed by atoms with van der Waals surface area (Å²) < 4.78 is 0. The Hall–Kier alpha value is -1.06. The standard InChI is InChI=1S/C14H13Cl2NO2/c1-8(18)13-5-14(6-13,7-13)17-12(19)9-2-3-10(15)11(16)4-9/h2-4H,5-7H2,1H3,(H,17,19). The maximum Gasteiger partial charge on any atom is 0.251 e. The normalized spacial score (nSPS) is 31.1. The van der Waals surface area contributed by atoms with Gasteiger partial charge in [0.15, 0.2) is 0 Å². The summed E-state index contributed by atoms with van der Waals surface area (Å²) in [5, 5.41) is 3.81. The summed E-state index contributed by atoms with van der Waals surface area (Å²) in [4.78, 5) is 23.5. The first-order valence-corrected chi connectivity index (χ1v) is 6.90. The molecule has 0 spiro atoms. The van der Waals surface area contributed by atoms with Crippen LogP contribution in [0.2, 0.25) is 10.0 Å². The Morgan fingerprint density at radius 3 is 2.32 bits per heavy atom. The molecule has 1 aromatic rings. The highest BCUT2D eigenvalue weighted by atomic mass is 35.5. The predicted molar refractivity (Wildman–Crippen MR) is 73.6 cm³/mol. The van der Waals surface area contributed by atoms with Gasteiger partial charge in [-0.25, -0.2) is 0 Å². The molecule has 0 saturated heterocycles. The number of amides is 1. The zero-order valence-corrected chi connectivity index (χ0v) is 11.9. The van der Waals surface area contributed by atoms with Gasteiger partial charge in [0.1, 0.15) is 5.78 Å². The van der Waals surface area contributed by atoms with Crippen LogP contribution in [0.25, 0.3) is 0 Å². The van der Waals surface area contributed by atoms with Gasteiger partial charge in [0, 0.05) is 16.5 Å². The maximum absolute atomic E-state index is 12.1. The van der Waals surface area contributed by atoms with Gasteiger partial charge in [0.05, 0.1) is 10.0 Å². The van der Waals surface area contributed by atoms with Crippen LogP contribution in [0.5, 0.6) is 0 Å². The van der Waals surface area contributed by atoms with Crippen molar-refractivity contribution >= 4 is 34.9 Å². The highest BCUT2D eigenvalue weighted by Crippen LogP contribution is 2.67. The van der Waals surface area contributed by atoms with Gasteiger partial charge in [-0.1, -0.05) is 23.2 Å². The third kappa shape index (κ3) is 1.87. The third-order valence-corrected chi connectivity index (χ3v) is 5.08. The van der Waals surface area contributed by atoms with Gasteiger partial charge in [0.25, 0.3) is 5.91 Å². The van der Waals surface area contributed by atoms with Crippen molar-refractivity contribution in [2.24, 2.45) is 5.41 Å². The average Bonchev–Trinajstić information content (AvgIpc) is 2.24. The van der Waals surface area contributed by atoms with Gasteiger partial charge in [0.2, 0.25) is 0 Å². The molecule has 1 N–H and O–H groups in total. The molecular weight excluding hydrogens is 285 g/mol. The minimum Gasteiger partial charge on any atom is -0.346 e. The van der Waals surface area contributed by atoms with E-state index in [1.54, 1.807) is 25.1 Å². The molecule has 19 heavy (non-hydrogen) atoms. The summed E-state index contributed by atoms with van der Waals surface area (Å²) in [5.74, 6) is 0.0774. The second kappa shape index (κ2) is 3.97. The fraction of sp³-hybridized carbons (Fsp3) is 0.429. The van der Waals surface area contributed by atoms with E-state index in [-0.39, 0.29) is 22.6 Å². The Bertz CT molecular complexity index is 577. The van der Waals surface area contributed by atoms with Crippen molar-refractivity contribution < 1.29 is 9.59 Å². The van der Waals surface area contributed by atoms with E-state index in [1.165, 1.54) is 0 Å². The molecular formula is C14H13Cl2NO2. The van der Waals surface area contributed by atoms with Crippen molar-refractivity contribution in [1.82, 2.24) is 5.32 Å². The molecule has 0 heterocycles. The maximum atomic E-state index is 12.1. The zero-order chi connectivity index (χ0) is 13.8. The highest BCUT2D eigenvalue weighted by Gasteiger charge is 2.70. The molecule has 3 fully saturated rings. The average molecular weight is 298 g/mol. The fourth-order valence-electron chi connectivity index (χ4n) is 3.24. The second-order valence-corrected chi connectivity index (χ2v) is 6.54. The number of carbonyl (C=O) groups is 2. The van der Waals surface area contributed by atoms with E-state index >= 15 is 0 Å². The monoisotopic (exact) mass is 297 g/mol. The number of rotatable bonds is 3. The molecule has 0 radical (unpaired) electrons. The number of nitrogens with one attached hydrogen (secondary N) is 1. The quantitative estimate of drug-likeness (QED) is 0.931. The lowest BCUT2D eigenvalue weighted by Crippen LogP contribution is -2.76. The topological polar surface area (TPSA) is 46.2 Å². The number of hydrogen-bond donors (Lipinski definition) is 1. The molecule has 4 rings (SSSR count). The van der Waals surface area contributed by atoms with Crippen LogP contribution in [-0.4, -0.2) is 17.2 Å². The minimum absolute atomic E-state index is 0.148. The van der Waals surface area contributed by atoms with Gasteiger partial charge in [-0.15, -0.1) is 0 Å². The summed E-state index contributed by atoms with van der Waals surface area (Å²) in [5.41, 5.74) is 0.177. The first-order valence-electron chi connectivity index (χ1n) is 6.15. The summed E-state index contributed by atoms with van der Waals surface area (Å²) in [6, 6.07) is 4.82. The molecule has 5 heteroatoms. The number of Topliss-reactive ketones (excluding diaryl/α,β-unsaturated/α-hetero) is 1. The number of carbonyl (C=O) groups excluding carboxylic acids is 2. The number of benzene rings is 1. The molecule has 0 aromatic heterocycles. The Labute approximate surface area is 121 Å². The van der Waals surface area contributed by atoms with E-state index in [2.05, 4.69) is 5.32 Å². The summed E-state index contributed by atoms with van der Waals surface area (Å²) in [6.45, 7) is 1.63. The van der Waals surface area contributed by atoms with Crippen LogP contribution in [0, 0.1) is 5.41 Å². The molecule has 1 amide bonds. The summed E-state index contributed by atoms with van der Waals surface area (Å²) >= 11 is 11.7. The molecule has 0 unspecified atom stereocenters. The van der Waals surface area contributed by atoms with Gasteiger partial charge >= 0.3 is 0 Å². The van der Waals surface area contributed by atoms with E-state index in [0.29, 0.717) is 15.6 Å². The highest BCUT2D eigenvalue weighted by molar-refractivity contribution is 6.42. The molecule has 2 bridgehead atoms. The fourth-order valence-corrected chi connectivity index (χ4v) is 3.54. The molecule has 100 valence electrons. The minimum atomic E-state index is -0.172. The number of ketones is 1. The van der Waals surface area contributed by atoms with Crippen LogP contribution in [0.4, 0.5) is 0 Å². The van der Waals surface area contributed by atoms with Crippen molar-refractivity contribution in [1.29, 1.82) is 0 Å². The molecule has 3 aliphatic rings. The molecule has 3 aliphatic carbocycles. The third-order valence-electron chi connectivity index (χ3n) is 4.34. The van der Waals surface area contributed by atoms with Crippen LogP contribution in [0.1, 0.15) is 36.5 Å². The first kappa shape index (κ1) is 12.9. The van der Waals surface area contributed by atoms with Crippen LogP contribution in [0.15, 0.2) is 18.2 Å². The van der Waals surface area contributed by atoms with Gasteiger partial charge < -0.3 is 5.32 Å². The Morgan fingerprint density at radius 2 is 1.79 bits per heavy atom. The van der Waals surface area contributed by atoms with E-state index in [4.69, 9.17) is 23.2 Å². The van der Waals surface area contributed by atoms with E-state index < -0.39 is 0 Å². The van der Waals surface area contributed by atoms with Crippen molar-refractivity contribution in [3.05, 3.63) is 33.8 Å². The van der Waals surface area contributed by atoms with E-state index in [1.807, 2.05) is 0 Å². The Balaban J connectivity index is 1.68. The molecule has 3 nitrogen and oxygen atoms in total. The second-order valence-electron chi connectivity index (χ2n) is 5.73. The number of hydrogen-bond acceptors (Lipinski definition) is 2. The molecule has 3 saturated carbocycles. The van der Waals surface area contributed by atoms with Crippen molar-refractivity contribution in [3.63, 3.8) is 0 Å². The van der Waals surface area contributed by atoms with Crippen molar-refractivity contribution in [2.75, 3.05) is 0 Å². The number of halogens is 2. The molecule has 0 atom stereocenters. The lowest BCUT2D eigenvalue weighted by Gasteiger charge is -2.69. The Morgan fingerprint density at radius 1 is 1.16 bits per heavy atom. The SMILES string of the molecule is CC(=O)C12CC(NC(=O)c3ccc(Cl)c(Cl)c3)(C1)C2. The van der Waals surface area contributed by atoms with Crippen molar-refractivity contribution in [3.8, 4) is 0 Å². The largest absolute Gasteiger partial charge is 0.346 e.